The van der Waals surface area contributed by atoms with Crippen LogP contribution in [0, 0.1) is 0 Å². The molecule has 2 aliphatic rings. The largest absolute Gasteiger partial charge is 0.465 e. The second-order valence-corrected chi connectivity index (χ2v) is 9.69. The van der Waals surface area contributed by atoms with Gasteiger partial charge < -0.3 is 15.0 Å². The first-order valence-corrected chi connectivity index (χ1v) is 12.4. The van der Waals surface area contributed by atoms with Crippen LogP contribution in [0.1, 0.15) is 30.1 Å². The van der Waals surface area contributed by atoms with Crippen LogP contribution in [0.15, 0.2) is 52.3 Å². The number of nitrogens with zero attached hydrogens (tertiary/aromatic N) is 2. The Bertz CT molecular complexity index is 1080. The van der Waals surface area contributed by atoms with E-state index in [-0.39, 0.29) is 17.6 Å². The normalized spacial score (nSPS) is 18.1. The van der Waals surface area contributed by atoms with E-state index < -0.39 is 12.0 Å². The Kier molecular flexibility index (Phi) is 8.03. The molecule has 2 aliphatic heterocycles. The van der Waals surface area contributed by atoms with E-state index in [1.54, 1.807) is 6.07 Å². The lowest BCUT2D eigenvalue weighted by Crippen LogP contribution is -2.52. The van der Waals surface area contributed by atoms with Gasteiger partial charge >= 0.3 is 12.1 Å². The number of hydrogen-bond donors (Lipinski definition) is 1. The van der Waals surface area contributed by atoms with Gasteiger partial charge in [-0.1, -0.05) is 23.9 Å². The highest BCUT2D eigenvalue weighted by Crippen LogP contribution is 2.48. The van der Waals surface area contributed by atoms with Gasteiger partial charge in [0.05, 0.1) is 11.4 Å². The number of anilines is 2. The number of esters is 1. The number of Topliss-reactive ketones (excluding diaryl/α,β-unsaturated/α-hetero) is 1. The van der Waals surface area contributed by atoms with E-state index in [1.807, 2.05) is 29.2 Å². The van der Waals surface area contributed by atoms with Gasteiger partial charge in [0.1, 0.15) is 6.61 Å². The summed E-state index contributed by atoms with van der Waals surface area (Å²) < 4.78 is 44.3. The van der Waals surface area contributed by atoms with Crippen LogP contribution in [0.2, 0.25) is 0 Å². The Hall–Kier alpha value is -2.56. The number of piperazine rings is 1. The molecule has 35 heavy (non-hydrogen) atoms. The number of carbonyl (C=O) groups is 2. The second-order valence-electron chi connectivity index (χ2n) is 8.61. The number of fused-ring (bicyclic) bond motifs is 2. The summed E-state index contributed by atoms with van der Waals surface area (Å²) >= 11 is 1.49. The third kappa shape index (κ3) is 6.17. The molecule has 1 unspecified atom stereocenters. The number of rotatable bonds is 8. The molecule has 0 radical (unpaired) electrons. The molecule has 4 rings (SSSR count). The molecule has 1 N–H and O–H groups in total. The van der Waals surface area contributed by atoms with Gasteiger partial charge in [-0.3, -0.25) is 14.5 Å². The van der Waals surface area contributed by atoms with Crippen LogP contribution in [0.3, 0.4) is 0 Å². The minimum Gasteiger partial charge on any atom is -0.465 e. The van der Waals surface area contributed by atoms with E-state index in [1.165, 1.54) is 30.8 Å². The molecule has 2 aromatic rings. The number of ether oxygens (including phenoxy) is 1. The van der Waals surface area contributed by atoms with Crippen LogP contribution in [0.4, 0.5) is 24.5 Å². The standard InChI is InChI=1S/C25H28F3N3O3S/c1-17(32)34-14-13-30-12-10-29-16-19(30)5-4-11-31-20-6-2-3-7-22(20)35-23-9-8-18(15-21(23)31)24(33)25(26,27)28/h2-3,6-9,15,19,29H,4-5,10-14,16H2,1H3. The lowest BCUT2D eigenvalue weighted by Gasteiger charge is -2.37. The zero-order valence-corrected chi connectivity index (χ0v) is 20.3. The molecule has 0 saturated carbocycles. The highest BCUT2D eigenvalue weighted by atomic mass is 32.2. The summed E-state index contributed by atoms with van der Waals surface area (Å²) in [5, 5.41) is 3.41. The number of carbonyl (C=O) groups excluding carboxylic acids is 2. The number of para-hydroxylation sites is 1. The topological polar surface area (TPSA) is 61.9 Å². The Morgan fingerprint density at radius 3 is 2.66 bits per heavy atom. The molecule has 2 aromatic carbocycles. The summed E-state index contributed by atoms with van der Waals surface area (Å²) in [6.45, 7) is 5.58. The van der Waals surface area contributed by atoms with Gasteiger partial charge in [0.15, 0.2) is 0 Å². The van der Waals surface area contributed by atoms with Crippen LogP contribution >= 0.6 is 11.8 Å². The van der Waals surface area contributed by atoms with Crippen molar-refractivity contribution in [3.63, 3.8) is 0 Å². The van der Waals surface area contributed by atoms with Gasteiger partial charge in [-0.2, -0.15) is 13.2 Å². The monoisotopic (exact) mass is 507 g/mol. The zero-order chi connectivity index (χ0) is 25.0. The quantitative estimate of drug-likeness (QED) is 0.412. The second kappa shape index (κ2) is 11.0. The van der Waals surface area contributed by atoms with E-state index in [4.69, 9.17) is 4.74 Å². The Labute approximate surface area is 206 Å². The first kappa shape index (κ1) is 25.5. The van der Waals surface area contributed by atoms with Crippen molar-refractivity contribution in [3.05, 3.63) is 48.0 Å². The van der Waals surface area contributed by atoms with Crippen molar-refractivity contribution in [2.24, 2.45) is 0 Å². The van der Waals surface area contributed by atoms with Crippen molar-refractivity contribution in [1.82, 2.24) is 10.2 Å². The lowest BCUT2D eigenvalue weighted by atomic mass is 10.1. The third-order valence-corrected chi connectivity index (χ3v) is 7.35. The third-order valence-electron chi connectivity index (χ3n) is 6.22. The fourth-order valence-electron chi connectivity index (χ4n) is 4.55. The smallest absolute Gasteiger partial charge is 0.454 e. The zero-order valence-electron chi connectivity index (χ0n) is 19.4. The molecule has 0 aromatic heterocycles. The molecular weight excluding hydrogens is 479 g/mol. The molecule has 1 saturated heterocycles. The summed E-state index contributed by atoms with van der Waals surface area (Å²) in [7, 11) is 0. The van der Waals surface area contributed by atoms with Crippen LogP contribution < -0.4 is 10.2 Å². The van der Waals surface area contributed by atoms with Gasteiger partial charge in [0.25, 0.3) is 5.78 Å². The molecule has 2 heterocycles. The average Bonchev–Trinajstić information content (AvgIpc) is 2.83. The van der Waals surface area contributed by atoms with Gasteiger partial charge in [0.2, 0.25) is 0 Å². The predicted molar refractivity (Wildman–Crippen MR) is 128 cm³/mol. The number of alkyl halides is 3. The van der Waals surface area contributed by atoms with Gasteiger partial charge in [-0.05, 0) is 43.2 Å². The summed E-state index contributed by atoms with van der Waals surface area (Å²) in [6, 6.07) is 12.3. The van der Waals surface area contributed by atoms with Crippen LogP contribution in [0.25, 0.3) is 0 Å². The Balaban J connectivity index is 1.50. The predicted octanol–water partition coefficient (Wildman–Crippen LogP) is 4.65. The molecule has 1 fully saturated rings. The summed E-state index contributed by atoms with van der Waals surface area (Å²) in [5.41, 5.74) is 1.20. The van der Waals surface area contributed by atoms with Crippen molar-refractivity contribution < 1.29 is 27.5 Å². The van der Waals surface area contributed by atoms with Crippen molar-refractivity contribution in [2.75, 3.05) is 44.2 Å². The van der Waals surface area contributed by atoms with Crippen molar-refractivity contribution >= 4 is 34.9 Å². The van der Waals surface area contributed by atoms with E-state index in [0.717, 1.165) is 48.0 Å². The van der Waals surface area contributed by atoms with Gasteiger partial charge in [0, 0.05) is 61.0 Å². The molecule has 0 aliphatic carbocycles. The lowest BCUT2D eigenvalue weighted by molar-refractivity contribution is -0.141. The molecule has 0 bridgehead atoms. The maximum absolute atomic E-state index is 13.1. The number of ketones is 1. The molecule has 0 amide bonds. The first-order valence-electron chi connectivity index (χ1n) is 11.6. The molecule has 0 spiro atoms. The van der Waals surface area contributed by atoms with E-state index >= 15 is 0 Å². The first-order chi connectivity index (χ1) is 16.7. The Morgan fingerprint density at radius 1 is 1.11 bits per heavy atom. The van der Waals surface area contributed by atoms with Crippen LogP contribution in [-0.4, -0.2) is 68.2 Å². The van der Waals surface area contributed by atoms with Crippen molar-refractivity contribution in [1.29, 1.82) is 0 Å². The van der Waals surface area contributed by atoms with E-state index in [2.05, 4.69) is 10.2 Å². The molecule has 1 atom stereocenters. The molecule has 188 valence electrons. The highest BCUT2D eigenvalue weighted by molar-refractivity contribution is 7.99. The summed E-state index contributed by atoms with van der Waals surface area (Å²) in [4.78, 5) is 29.2. The molecular formula is C25H28F3N3O3S. The molecule has 10 heteroatoms. The maximum Gasteiger partial charge on any atom is 0.454 e. The van der Waals surface area contributed by atoms with Crippen molar-refractivity contribution in [2.45, 2.75) is 41.8 Å². The van der Waals surface area contributed by atoms with E-state index in [9.17, 15) is 22.8 Å². The van der Waals surface area contributed by atoms with Gasteiger partial charge in [-0.25, -0.2) is 0 Å². The number of halogens is 3. The number of hydrogen-bond acceptors (Lipinski definition) is 7. The summed E-state index contributed by atoms with van der Waals surface area (Å²) in [6.07, 6.45) is -3.25. The molecule has 6 nitrogen and oxygen atoms in total. The van der Waals surface area contributed by atoms with Gasteiger partial charge in [-0.15, -0.1) is 0 Å². The fourth-order valence-corrected chi connectivity index (χ4v) is 5.62. The maximum atomic E-state index is 13.1. The highest BCUT2D eigenvalue weighted by Gasteiger charge is 2.40. The van der Waals surface area contributed by atoms with Crippen LogP contribution in [0.5, 0.6) is 0 Å². The number of benzene rings is 2. The minimum absolute atomic E-state index is 0.270. The number of nitrogens with one attached hydrogen (secondary N) is 1. The fraction of sp³-hybridized carbons (Fsp3) is 0.440. The minimum atomic E-state index is -4.91. The summed E-state index contributed by atoms with van der Waals surface area (Å²) in [5.74, 6) is -2.12. The van der Waals surface area contributed by atoms with E-state index in [0.29, 0.717) is 25.4 Å². The average molecular weight is 508 g/mol. The SMILES string of the molecule is CC(=O)OCCN1CCNCC1CCCN1c2ccccc2Sc2ccc(C(=O)C(F)(F)F)cc21. The Morgan fingerprint density at radius 2 is 1.89 bits per heavy atom. The van der Waals surface area contributed by atoms with Crippen molar-refractivity contribution in [3.8, 4) is 0 Å². The van der Waals surface area contributed by atoms with Crippen LogP contribution in [-0.2, 0) is 9.53 Å².